The molecule has 1 amide bonds. The fraction of sp³-hybridized carbons (Fsp3) is 0.316. The Morgan fingerprint density at radius 3 is 2.44 bits per heavy atom. The van der Waals surface area contributed by atoms with Gasteiger partial charge < -0.3 is 19.7 Å². The number of benzene rings is 2. The van der Waals surface area contributed by atoms with Gasteiger partial charge in [-0.25, -0.2) is 4.39 Å². The number of quaternary nitrogens is 1. The normalized spacial score (nSPS) is 11.9. The number of rotatable bonds is 9. The third-order valence-corrected chi connectivity index (χ3v) is 3.94. The van der Waals surface area contributed by atoms with E-state index < -0.39 is 12.4 Å². The van der Waals surface area contributed by atoms with Crippen molar-refractivity contribution in [3.05, 3.63) is 53.8 Å². The predicted octanol–water partition coefficient (Wildman–Crippen LogP) is 2.48. The van der Waals surface area contributed by atoms with Crippen molar-refractivity contribution in [2.24, 2.45) is 0 Å². The number of anilines is 1. The molecule has 8 heteroatoms. The van der Waals surface area contributed by atoms with Gasteiger partial charge >= 0.3 is 6.61 Å². The molecular formula is C19H22F3N2O3+. The molecule has 0 radical (unpaired) electrons. The van der Waals surface area contributed by atoms with Crippen LogP contribution in [0.15, 0.2) is 42.5 Å². The summed E-state index contributed by atoms with van der Waals surface area (Å²) in [7, 11) is 1.40. The molecule has 2 aromatic carbocycles. The van der Waals surface area contributed by atoms with Crippen molar-refractivity contribution in [3.8, 4) is 11.5 Å². The lowest BCUT2D eigenvalue weighted by Crippen LogP contribution is -3.11. The topological polar surface area (TPSA) is 52.0 Å². The van der Waals surface area contributed by atoms with Crippen LogP contribution < -0.4 is 19.7 Å². The van der Waals surface area contributed by atoms with Gasteiger partial charge in [-0.1, -0.05) is 0 Å². The average molecular weight is 383 g/mol. The number of carbonyl (C=O) groups excluding carboxylic acids is 1. The number of ether oxygens (including phenoxy) is 2. The smallest absolute Gasteiger partial charge is 0.387 e. The van der Waals surface area contributed by atoms with E-state index in [9.17, 15) is 18.0 Å². The molecule has 0 aromatic heterocycles. The van der Waals surface area contributed by atoms with Gasteiger partial charge in [0.05, 0.1) is 13.7 Å². The summed E-state index contributed by atoms with van der Waals surface area (Å²) >= 11 is 0. The van der Waals surface area contributed by atoms with Crippen molar-refractivity contribution in [1.82, 2.24) is 0 Å². The minimum atomic E-state index is -2.89. The van der Waals surface area contributed by atoms with E-state index in [1.165, 1.54) is 37.4 Å². The van der Waals surface area contributed by atoms with Crippen LogP contribution >= 0.6 is 0 Å². The lowest BCUT2D eigenvalue weighted by atomic mass is 10.2. The van der Waals surface area contributed by atoms with Gasteiger partial charge in [0.2, 0.25) is 0 Å². The third kappa shape index (κ3) is 6.49. The number of halogens is 3. The zero-order valence-corrected chi connectivity index (χ0v) is 15.1. The second kappa shape index (κ2) is 9.82. The Bertz CT molecular complexity index is 754. The maximum absolute atomic E-state index is 13.8. The molecule has 1 atom stereocenters. The summed E-state index contributed by atoms with van der Waals surface area (Å²) in [5.41, 5.74) is 1.24. The fourth-order valence-electron chi connectivity index (χ4n) is 2.57. The summed E-state index contributed by atoms with van der Waals surface area (Å²) in [6.45, 7) is 0.363. The Kier molecular flexibility index (Phi) is 7.48. The van der Waals surface area contributed by atoms with Gasteiger partial charge in [-0.2, -0.15) is 8.78 Å². The predicted molar refractivity (Wildman–Crippen MR) is 94.7 cm³/mol. The Labute approximate surface area is 155 Å². The second-order valence-corrected chi connectivity index (χ2v) is 5.88. The molecule has 0 fully saturated rings. The van der Waals surface area contributed by atoms with Crippen molar-refractivity contribution < 1.29 is 32.3 Å². The highest BCUT2D eigenvalue weighted by Crippen LogP contribution is 2.18. The number of alkyl halides is 2. The number of carbonyl (C=O) groups is 1. The summed E-state index contributed by atoms with van der Waals surface area (Å²) < 4.78 is 47.2. The van der Waals surface area contributed by atoms with Crippen LogP contribution in [0, 0.1) is 5.82 Å². The highest BCUT2D eigenvalue weighted by molar-refractivity contribution is 5.91. The molecule has 0 heterocycles. The molecule has 2 rings (SSSR count). The zero-order chi connectivity index (χ0) is 19.8. The molecule has 1 unspecified atom stereocenters. The summed E-state index contributed by atoms with van der Waals surface area (Å²) in [6.07, 6.45) is 0. The van der Waals surface area contributed by atoms with Crippen LogP contribution in [0.25, 0.3) is 0 Å². The summed E-state index contributed by atoms with van der Waals surface area (Å²) in [6, 6.07) is 10.4. The minimum absolute atomic E-state index is 0.0188. The van der Waals surface area contributed by atoms with E-state index in [1.54, 1.807) is 12.1 Å². The van der Waals surface area contributed by atoms with E-state index in [1.807, 2.05) is 6.92 Å². The highest BCUT2D eigenvalue weighted by atomic mass is 19.3. The molecule has 5 nitrogen and oxygen atoms in total. The van der Waals surface area contributed by atoms with E-state index >= 15 is 0 Å². The average Bonchev–Trinajstić information content (AvgIpc) is 2.62. The highest BCUT2D eigenvalue weighted by Gasteiger charge is 2.15. The summed E-state index contributed by atoms with van der Waals surface area (Å²) in [4.78, 5) is 13.2. The number of likely N-dealkylation sites (N-methyl/N-ethyl adjacent to an activating group) is 1. The number of hydrogen-bond donors (Lipinski definition) is 2. The molecule has 0 aliphatic rings. The number of methoxy groups -OCH3 is 1. The summed E-state index contributed by atoms with van der Waals surface area (Å²) in [5, 5.41) is 2.71. The van der Waals surface area contributed by atoms with Gasteiger partial charge in [0.25, 0.3) is 5.91 Å². The van der Waals surface area contributed by atoms with Gasteiger partial charge in [0, 0.05) is 11.3 Å². The van der Waals surface area contributed by atoms with Gasteiger partial charge in [-0.3, -0.25) is 4.79 Å². The van der Waals surface area contributed by atoms with Crippen molar-refractivity contribution in [3.63, 3.8) is 0 Å². The molecule has 27 heavy (non-hydrogen) atoms. The van der Waals surface area contributed by atoms with Crippen LogP contribution in [0.4, 0.5) is 18.9 Å². The first-order chi connectivity index (χ1) is 12.9. The maximum Gasteiger partial charge on any atom is 0.387 e. The fourth-order valence-corrected chi connectivity index (χ4v) is 2.57. The number of hydrogen-bond acceptors (Lipinski definition) is 3. The monoisotopic (exact) mass is 383 g/mol. The molecule has 2 aromatic rings. The van der Waals surface area contributed by atoms with Crippen LogP contribution in [0.3, 0.4) is 0 Å². The van der Waals surface area contributed by atoms with E-state index in [-0.39, 0.29) is 24.0 Å². The number of amides is 1. The van der Waals surface area contributed by atoms with E-state index in [0.29, 0.717) is 18.8 Å². The van der Waals surface area contributed by atoms with E-state index in [0.717, 1.165) is 10.5 Å². The lowest BCUT2D eigenvalue weighted by Gasteiger charge is -2.18. The van der Waals surface area contributed by atoms with Crippen LogP contribution in [-0.2, 0) is 11.3 Å². The van der Waals surface area contributed by atoms with Crippen LogP contribution in [0.2, 0.25) is 0 Å². The molecule has 0 aliphatic carbocycles. The zero-order valence-electron chi connectivity index (χ0n) is 15.1. The molecule has 2 N–H and O–H groups in total. The maximum atomic E-state index is 13.8. The first-order valence-electron chi connectivity index (χ1n) is 8.42. The van der Waals surface area contributed by atoms with Crippen LogP contribution in [-0.4, -0.2) is 32.7 Å². The van der Waals surface area contributed by atoms with Gasteiger partial charge in [-0.15, -0.1) is 0 Å². The molecule has 146 valence electrons. The third-order valence-electron chi connectivity index (χ3n) is 3.94. The second-order valence-electron chi connectivity index (χ2n) is 5.88. The molecule has 0 bridgehead atoms. The molecule has 0 spiro atoms. The number of nitrogens with one attached hydrogen (secondary N) is 2. The first-order valence-corrected chi connectivity index (χ1v) is 8.42. The Morgan fingerprint density at radius 1 is 1.19 bits per heavy atom. The minimum Gasteiger partial charge on any atom is -0.494 e. The largest absolute Gasteiger partial charge is 0.494 e. The van der Waals surface area contributed by atoms with Crippen molar-refractivity contribution >= 4 is 11.6 Å². The van der Waals surface area contributed by atoms with Gasteiger partial charge in [0.1, 0.15) is 12.3 Å². The Balaban J connectivity index is 1.91. The Hall–Kier alpha value is -2.74. The SMILES string of the molecule is CC[NH+](CC(=O)Nc1ccc(OC(F)F)cc1)Cc1ccc(OC)c(F)c1. The van der Waals surface area contributed by atoms with Crippen molar-refractivity contribution in [2.45, 2.75) is 20.1 Å². The van der Waals surface area contributed by atoms with Crippen molar-refractivity contribution in [1.29, 1.82) is 0 Å². The lowest BCUT2D eigenvalue weighted by molar-refractivity contribution is -0.903. The Morgan fingerprint density at radius 2 is 1.89 bits per heavy atom. The van der Waals surface area contributed by atoms with Crippen LogP contribution in [0.1, 0.15) is 12.5 Å². The summed E-state index contributed by atoms with van der Waals surface area (Å²) in [5.74, 6) is -0.483. The quantitative estimate of drug-likeness (QED) is 0.700. The van der Waals surface area contributed by atoms with Gasteiger partial charge in [0.15, 0.2) is 18.1 Å². The van der Waals surface area contributed by atoms with Crippen LogP contribution in [0.5, 0.6) is 11.5 Å². The standard InChI is InChI=1S/C19H21F3N2O3/c1-3-24(11-13-4-9-17(26-2)16(20)10-13)12-18(25)23-14-5-7-15(8-6-14)27-19(21)22/h4-10,19H,3,11-12H2,1-2H3,(H,23,25)/p+1. The van der Waals surface area contributed by atoms with Crippen molar-refractivity contribution in [2.75, 3.05) is 25.5 Å². The molecule has 0 aliphatic heterocycles. The molecular weight excluding hydrogens is 361 g/mol. The van der Waals surface area contributed by atoms with E-state index in [2.05, 4.69) is 10.1 Å². The molecule has 0 saturated heterocycles. The molecule has 0 saturated carbocycles. The van der Waals surface area contributed by atoms with E-state index in [4.69, 9.17) is 4.74 Å². The first kappa shape index (κ1) is 20.6. The van der Waals surface area contributed by atoms with Gasteiger partial charge in [-0.05, 0) is 49.4 Å².